The van der Waals surface area contributed by atoms with Gasteiger partial charge in [-0.2, -0.15) is 11.1 Å². The largest absolute Gasteiger partial charge is 0.414 e. The Kier molecular flexibility index (Phi) is 12.6. The number of aliphatic hydroxyl groups excluding tert-OH is 1. The lowest BCUT2D eigenvalue weighted by Gasteiger charge is -2.57. The number of rotatable bonds is 2. The summed E-state index contributed by atoms with van der Waals surface area (Å²) < 4.78 is 6.83. The monoisotopic (exact) mass is 841 g/mol. The maximum absolute atomic E-state index is 12.6. The molecule has 1 N–H and O–H groups in total. The Morgan fingerprint density at radius 1 is 0.614 bits per heavy atom. The van der Waals surface area contributed by atoms with Crippen LogP contribution >= 0.6 is 11.1 Å². The van der Waals surface area contributed by atoms with Crippen LogP contribution in [0.25, 0.3) is 0 Å². The van der Waals surface area contributed by atoms with Crippen molar-refractivity contribution >= 4 is 38.3 Å². The van der Waals surface area contributed by atoms with Crippen LogP contribution in [0.4, 0.5) is 0 Å². The number of fused-ring (bicyclic) bond motifs is 10. The number of allylic oxidation sites excluding steroid dienone is 2. The highest BCUT2D eigenvalue weighted by atomic mass is 35.6. The Balaban J connectivity index is 0.000000166. The molecular weight excluding hydrogens is 756 g/mol. The van der Waals surface area contributed by atoms with E-state index in [1.54, 1.807) is 5.57 Å². The second-order valence-electron chi connectivity index (χ2n) is 24.7. The molecule has 8 aliphatic rings. The SMILES string of the molecule is CC(C)(C)[Si](C)(C)Cl.CC(C)(C)[Si](C)(C)O[C@H]1CC[C@@]2(C)C(=CCC3C2CC[C@]2(C)C(=O)CCC32)C1.C[C@]12CC[C@H](O)CC1=CCC1C2CC[C@]2(C)C(=O)CCC12. The standard InChI is InChI=1S/C25H42O2Si.C19H28O2.C6H15ClSi/c1-23(2,3)28(6,7)27-18-12-14-24(4)17(16-18)8-9-19-20-10-11-22(26)25(20,5)15-13-21(19)24;1-18-9-7-13(20)11-12(18)3-4-14-15-5-6-17(21)19(15,2)10-8-16(14)18;1-6(2,3)8(4,5)7/h8,18-21H,9-16H2,1-7H3;3,13-16,20H,4-11H2,1-2H3;1-5H3/t18-,19?,20?,21?,24-,25-;13-,14?,15?,16?,18-,19-;/m00./s1. The van der Waals surface area contributed by atoms with Gasteiger partial charge in [-0.15, -0.1) is 0 Å². The van der Waals surface area contributed by atoms with E-state index in [1.165, 1.54) is 37.7 Å². The summed E-state index contributed by atoms with van der Waals surface area (Å²) in [6.45, 7) is 32.3. The van der Waals surface area contributed by atoms with Crippen LogP contribution in [0, 0.1) is 57.2 Å². The van der Waals surface area contributed by atoms with E-state index in [9.17, 15) is 14.7 Å². The van der Waals surface area contributed by atoms with E-state index < -0.39 is 15.7 Å². The van der Waals surface area contributed by atoms with Gasteiger partial charge in [0, 0.05) is 29.8 Å². The van der Waals surface area contributed by atoms with Gasteiger partial charge >= 0.3 is 0 Å². The third-order valence-corrected chi connectivity index (χ3v) is 29.4. The van der Waals surface area contributed by atoms with Crippen molar-refractivity contribution in [3.63, 3.8) is 0 Å². The minimum atomic E-state index is -1.71. The van der Waals surface area contributed by atoms with Gasteiger partial charge in [0.25, 0.3) is 0 Å². The van der Waals surface area contributed by atoms with E-state index in [4.69, 9.17) is 15.5 Å². The van der Waals surface area contributed by atoms with Crippen LogP contribution < -0.4 is 0 Å². The molecule has 0 amide bonds. The first-order chi connectivity index (χ1) is 26.1. The van der Waals surface area contributed by atoms with Crippen molar-refractivity contribution in [2.45, 2.75) is 220 Å². The predicted molar refractivity (Wildman–Crippen MR) is 245 cm³/mol. The molecule has 6 unspecified atom stereocenters. The van der Waals surface area contributed by atoms with E-state index >= 15 is 0 Å². The van der Waals surface area contributed by atoms with Crippen molar-refractivity contribution in [3.8, 4) is 0 Å². The van der Waals surface area contributed by atoms with Gasteiger partial charge in [0.1, 0.15) is 11.6 Å². The average molecular weight is 842 g/mol. The third kappa shape index (κ3) is 8.27. The van der Waals surface area contributed by atoms with Crippen molar-refractivity contribution in [2.75, 3.05) is 0 Å². The van der Waals surface area contributed by atoms with Crippen LogP contribution in [0.2, 0.25) is 36.3 Å². The van der Waals surface area contributed by atoms with Gasteiger partial charge < -0.3 is 9.53 Å². The number of ketones is 2. The number of hydrogen-bond acceptors (Lipinski definition) is 4. The lowest BCUT2D eigenvalue weighted by molar-refractivity contribution is -0.132. The Morgan fingerprint density at radius 2 is 1.00 bits per heavy atom. The summed E-state index contributed by atoms with van der Waals surface area (Å²) in [5.41, 5.74) is 3.84. The third-order valence-electron chi connectivity index (χ3n) is 19.6. The highest BCUT2D eigenvalue weighted by molar-refractivity contribution is 7.20. The molecule has 6 fully saturated rings. The highest BCUT2D eigenvalue weighted by Gasteiger charge is 2.60. The summed E-state index contributed by atoms with van der Waals surface area (Å²) >= 11 is 6.15. The number of hydrogen-bond donors (Lipinski definition) is 1. The molecule has 0 heterocycles. The smallest absolute Gasteiger partial charge is 0.192 e. The number of carbonyl (C=O) groups excluding carboxylic acids is 2. The van der Waals surface area contributed by atoms with Crippen molar-refractivity contribution in [3.05, 3.63) is 23.3 Å². The maximum atomic E-state index is 12.6. The zero-order valence-corrected chi connectivity index (χ0v) is 41.9. The molecule has 0 aliphatic heterocycles. The average Bonchev–Trinajstić information content (AvgIpc) is 3.58. The lowest BCUT2D eigenvalue weighted by atomic mass is 9.48. The number of Topliss-reactive ketones (excluding diaryl/α,β-unsaturated/α-hetero) is 2. The van der Waals surface area contributed by atoms with E-state index in [1.807, 2.05) is 0 Å². The minimum absolute atomic E-state index is 0.00842. The van der Waals surface area contributed by atoms with Crippen molar-refractivity contribution in [2.24, 2.45) is 57.2 Å². The fraction of sp³-hybridized carbons (Fsp3) is 0.880. The van der Waals surface area contributed by atoms with Gasteiger partial charge in [-0.1, -0.05) is 106 Å². The molecule has 8 aliphatic carbocycles. The van der Waals surface area contributed by atoms with Crippen LogP contribution in [0.15, 0.2) is 23.3 Å². The molecule has 324 valence electrons. The quantitative estimate of drug-likeness (QED) is 0.171. The highest BCUT2D eigenvalue weighted by Crippen LogP contribution is 2.66. The molecule has 57 heavy (non-hydrogen) atoms. The van der Waals surface area contributed by atoms with Gasteiger partial charge in [-0.25, -0.2) is 0 Å². The maximum Gasteiger partial charge on any atom is 0.192 e. The van der Waals surface area contributed by atoms with Gasteiger partial charge in [-0.05, 0) is 159 Å². The van der Waals surface area contributed by atoms with E-state index in [0.29, 0.717) is 51.3 Å². The molecule has 0 aromatic rings. The van der Waals surface area contributed by atoms with E-state index in [0.717, 1.165) is 88.4 Å². The summed E-state index contributed by atoms with van der Waals surface area (Å²) in [6.07, 6.45) is 22.9. The molecule has 12 atom stereocenters. The lowest BCUT2D eigenvalue weighted by Crippen LogP contribution is -2.51. The van der Waals surface area contributed by atoms with E-state index in [-0.39, 0.29) is 22.0 Å². The minimum Gasteiger partial charge on any atom is -0.414 e. The predicted octanol–water partition coefficient (Wildman–Crippen LogP) is 14.0. The molecule has 0 aromatic heterocycles. The number of carbonyl (C=O) groups is 2. The summed E-state index contributed by atoms with van der Waals surface area (Å²) in [7, 11) is -3.09. The summed E-state index contributed by atoms with van der Waals surface area (Å²) in [5.74, 6) is 5.31. The van der Waals surface area contributed by atoms with Gasteiger partial charge in [-0.3, -0.25) is 9.59 Å². The zero-order chi connectivity index (χ0) is 42.4. The molecule has 7 heteroatoms. The van der Waals surface area contributed by atoms with Crippen LogP contribution in [-0.4, -0.2) is 44.6 Å². The van der Waals surface area contributed by atoms with Crippen LogP contribution in [-0.2, 0) is 14.0 Å². The molecule has 0 bridgehead atoms. The fourth-order valence-corrected chi connectivity index (χ4v) is 14.9. The Hall–Kier alpha value is -0.536. The van der Waals surface area contributed by atoms with Crippen LogP contribution in [0.1, 0.15) is 172 Å². The molecule has 0 saturated heterocycles. The van der Waals surface area contributed by atoms with Gasteiger partial charge in [0.05, 0.1) is 6.10 Å². The molecular formula is C50H85ClO4Si2. The number of halogens is 1. The van der Waals surface area contributed by atoms with Crippen LogP contribution in [0.3, 0.4) is 0 Å². The summed E-state index contributed by atoms with van der Waals surface area (Å²) in [6, 6.07) is 0. The second kappa shape index (κ2) is 15.7. The van der Waals surface area contributed by atoms with Gasteiger partial charge in [0.2, 0.25) is 0 Å². The Morgan fingerprint density at radius 3 is 1.42 bits per heavy atom. The Labute approximate surface area is 356 Å². The summed E-state index contributed by atoms with van der Waals surface area (Å²) in [4.78, 5) is 25.0. The molecule has 6 saturated carbocycles. The first-order valence-electron chi connectivity index (χ1n) is 23.6. The summed E-state index contributed by atoms with van der Waals surface area (Å²) in [5, 5.41) is 10.6. The first kappa shape index (κ1) is 46.0. The van der Waals surface area contributed by atoms with E-state index in [2.05, 4.69) is 108 Å². The van der Waals surface area contributed by atoms with Crippen molar-refractivity contribution < 1.29 is 19.1 Å². The van der Waals surface area contributed by atoms with Gasteiger partial charge in [0.15, 0.2) is 15.7 Å². The zero-order valence-electron chi connectivity index (χ0n) is 39.1. The number of aliphatic hydroxyl groups is 1. The first-order valence-corrected chi connectivity index (χ1v) is 30.5. The van der Waals surface area contributed by atoms with Crippen molar-refractivity contribution in [1.82, 2.24) is 0 Å². The Bertz CT molecular complexity index is 1580. The molecule has 0 spiro atoms. The molecule has 4 nitrogen and oxygen atoms in total. The second-order valence-corrected chi connectivity index (χ2v) is 36.8. The molecule has 0 aromatic carbocycles. The van der Waals surface area contributed by atoms with Crippen LogP contribution in [0.5, 0.6) is 0 Å². The van der Waals surface area contributed by atoms with Crippen molar-refractivity contribution in [1.29, 1.82) is 0 Å². The normalized spacial score (nSPS) is 42.9. The fourth-order valence-electron chi connectivity index (χ4n) is 13.5. The topological polar surface area (TPSA) is 63.6 Å². The molecule has 8 rings (SSSR count). The molecule has 0 radical (unpaired) electrons.